The third-order valence-corrected chi connectivity index (χ3v) is 3.03. The number of halogens is 1. The van der Waals surface area contributed by atoms with Gasteiger partial charge < -0.3 is 5.32 Å². The molecular formula is C13H15FN4O2. The fourth-order valence-electron chi connectivity index (χ4n) is 1.96. The van der Waals surface area contributed by atoms with Gasteiger partial charge in [0, 0.05) is 50.1 Å². The van der Waals surface area contributed by atoms with Gasteiger partial charge in [0.2, 0.25) is 0 Å². The number of hydrogen-bond donors (Lipinski definition) is 1. The second kappa shape index (κ2) is 6.25. The van der Waals surface area contributed by atoms with Gasteiger partial charge in [0.15, 0.2) is 0 Å². The highest BCUT2D eigenvalue weighted by atomic mass is 19.1. The Kier molecular flexibility index (Phi) is 4.41. The van der Waals surface area contributed by atoms with Crippen molar-refractivity contribution in [3.05, 3.63) is 57.7 Å². The minimum Gasteiger partial charge on any atom is -0.312 e. The fraction of sp³-hybridized carbons (Fsp3) is 0.308. The molecule has 0 aliphatic carbocycles. The summed E-state index contributed by atoms with van der Waals surface area (Å²) in [6.45, 7) is 0.888. The molecule has 0 amide bonds. The molecule has 1 aromatic carbocycles. The highest BCUT2D eigenvalue weighted by molar-refractivity contribution is 5.40. The van der Waals surface area contributed by atoms with E-state index in [-0.39, 0.29) is 12.2 Å². The van der Waals surface area contributed by atoms with Crippen molar-refractivity contribution in [2.45, 2.75) is 13.0 Å². The van der Waals surface area contributed by atoms with Crippen LogP contribution >= 0.6 is 0 Å². The Balaban J connectivity index is 1.92. The van der Waals surface area contributed by atoms with Crippen LogP contribution in [0.25, 0.3) is 0 Å². The van der Waals surface area contributed by atoms with Crippen LogP contribution in [0.3, 0.4) is 0 Å². The Morgan fingerprint density at radius 2 is 2.25 bits per heavy atom. The summed E-state index contributed by atoms with van der Waals surface area (Å²) < 4.78 is 14.9. The molecule has 2 aromatic rings. The Morgan fingerprint density at radius 1 is 1.45 bits per heavy atom. The molecule has 6 nitrogen and oxygen atoms in total. The number of rotatable bonds is 6. The number of nitro groups is 1. The van der Waals surface area contributed by atoms with Crippen molar-refractivity contribution in [2.75, 3.05) is 6.54 Å². The first-order chi connectivity index (χ1) is 9.58. The van der Waals surface area contributed by atoms with Crippen molar-refractivity contribution < 1.29 is 9.31 Å². The fourth-order valence-corrected chi connectivity index (χ4v) is 1.96. The van der Waals surface area contributed by atoms with E-state index in [2.05, 4.69) is 10.4 Å². The molecule has 0 saturated heterocycles. The highest BCUT2D eigenvalue weighted by Crippen LogP contribution is 2.19. The normalized spacial score (nSPS) is 10.7. The van der Waals surface area contributed by atoms with Crippen LogP contribution in [0, 0.1) is 15.9 Å². The van der Waals surface area contributed by atoms with Gasteiger partial charge in [0.25, 0.3) is 5.69 Å². The molecule has 0 aliphatic rings. The Labute approximate surface area is 115 Å². The van der Waals surface area contributed by atoms with Gasteiger partial charge in [-0.3, -0.25) is 14.8 Å². The van der Waals surface area contributed by atoms with E-state index >= 15 is 0 Å². The lowest BCUT2D eigenvalue weighted by atomic mass is 10.1. The molecule has 1 N–H and O–H groups in total. The predicted molar refractivity (Wildman–Crippen MR) is 71.7 cm³/mol. The molecule has 106 valence electrons. The zero-order valence-electron chi connectivity index (χ0n) is 11.0. The molecule has 0 unspecified atom stereocenters. The first kappa shape index (κ1) is 14.1. The van der Waals surface area contributed by atoms with E-state index in [9.17, 15) is 14.5 Å². The molecule has 2 rings (SSSR count). The zero-order chi connectivity index (χ0) is 14.5. The summed E-state index contributed by atoms with van der Waals surface area (Å²) in [5.41, 5.74) is 1.34. The maximum atomic E-state index is 13.1. The van der Waals surface area contributed by atoms with Gasteiger partial charge in [-0.25, -0.2) is 4.39 Å². The van der Waals surface area contributed by atoms with E-state index in [1.54, 1.807) is 10.9 Å². The molecule has 1 aromatic heterocycles. The van der Waals surface area contributed by atoms with E-state index < -0.39 is 10.7 Å². The van der Waals surface area contributed by atoms with Gasteiger partial charge in [0.1, 0.15) is 5.82 Å². The molecule has 0 bridgehead atoms. The Morgan fingerprint density at radius 3 is 2.90 bits per heavy atom. The van der Waals surface area contributed by atoms with Crippen molar-refractivity contribution >= 4 is 5.69 Å². The maximum absolute atomic E-state index is 13.1. The van der Waals surface area contributed by atoms with E-state index in [1.807, 2.05) is 13.1 Å². The van der Waals surface area contributed by atoms with Crippen LogP contribution in [0.15, 0.2) is 30.5 Å². The lowest BCUT2D eigenvalue weighted by Crippen LogP contribution is -2.18. The summed E-state index contributed by atoms with van der Waals surface area (Å²) in [5.74, 6) is -0.473. The zero-order valence-corrected chi connectivity index (χ0v) is 11.0. The van der Waals surface area contributed by atoms with Crippen molar-refractivity contribution in [3.63, 3.8) is 0 Å². The van der Waals surface area contributed by atoms with Crippen molar-refractivity contribution in [3.8, 4) is 0 Å². The van der Waals surface area contributed by atoms with Crippen LogP contribution in [0.2, 0.25) is 0 Å². The second-order valence-electron chi connectivity index (χ2n) is 4.40. The minimum absolute atomic E-state index is 0.0700. The summed E-state index contributed by atoms with van der Waals surface area (Å²) in [5, 5.41) is 18.0. The van der Waals surface area contributed by atoms with Crippen LogP contribution in [0.4, 0.5) is 10.1 Å². The summed E-state index contributed by atoms with van der Waals surface area (Å²) >= 11 is 0. The molecule has 0 radical (unpaired) electrons. The van der Waals surface area contributed by atoms with Crippen molar-refractivity contribution in [1.29, 1.82) is 0 Å². The molecule has 0 aliphatic heterocycles. The van der Waals surface area contributed by atoms with E-state index in [0.717, 1.165) is 18.2 Å². The van der Waals surface area contributed by atoms with Gasteiger partial charge in [-0.05, 0) is 18.2 Å². The molecular weight excluding hydrogens is 263 g/mol. The SMILES string of the molecule is Cn1nccc1CCNCc1cc(F)ccc1[N+](=O)[O-]. The van der Waals surface area contributed by atoms with E-state index in [0.29, 0.717) is 12.1 Å². The standard InChI is InChI=1S/C13H15FN4O2/c1-17-12(5-7-16-17)4-6-15-9-10-8-11(14)2-3-13(10)18(19)20/h2-3,5,7-8,15H,4,6,9H2,1H3. The number of nitrogens with zero attached hydrogens (tertiary/aromatic N) is 3. The lowest BCUT2D eigenvalue weighted by molar-refractivity contribution is -0.385. The first-order valence-corrected chi connectivity index (χ1v) is 6.18. The third-order valence-electron chi connectivity index (χ3n) is 3.03. The number of aromatic nitrogens is 2. The molecule has 7 heteroatoms. The van der Waals surface area contributed by atoms with Crippen LogP contribution in [-0.2, 0) is 20.0 Å². The monoisotopic (exact) mass is 278 g/mol. The number of benzene rings is 1. The summed E-state index contributed by atoms with van der Waals surface area (Å²) in [7, 11) is 1.85. The Hall–Kier alpha value is -2.28. The minimum atomic E-state index is -0.502. The number of aryl methyl sites for hydroxylation is 1. The summed E-state index contributed by atoms with van der Waals surface area (Å²) in [6.07, 6.45) is 2.46. The highest BCUT2D eigenvalue weighted by Gasteiger charge is 2.13. The number of hydrogen-bond acceptors (Lipinski definition) is 4. The van der Waals surface area contributed by atoms with Crippen LogP contribution in [0.1, 0.15) is 11.3 Å². The van der Waals surface area contributed by atoms with Crippen LogP contribution < -0.4 is 5.32 Å². The molecule has 0 atom stereocenters. The van der Waals surface area contributed by atoms with Crippen molar-refractivity contribution in [2.24, 2.45) is 7.05 Å². The maximum Gasteiger partial charge on any atom is 0.274 e. The lowest BCUT2D eigenvalue weighted by Gasteiger charge is -2.06. The average Bonchev–Trinajstić information content (AvgIpc) is 2.80. The van der Waals surface area contributed by atoms with Crippen LogP contribution in [-0.4, -0.2) is 21.2 Å². The molecule has 0 spiro atoms. The predicted octanol–water partition coefficient (Wildman–Crippen LogP) is 1.80. The topological polar surface area (TPSA) is 73.0 Å². The van der Waals surface area contributed by atoms with Crippen LogP contribution in [0.5, 0.6) is 0 Å². The van der Waals surface area contributed by atoms with Gasteiger partial charge in [-0.15, -0.1) is 0 Å². The van der Waals surface area contributed by atoms with Crippen molar-refractivity contribution in [1.82, 2.24) is 15.1 Å². The number of nitro benzene ring substituents is 1. The van der Waals surface area contributed by atoms with Gasteiger partial charge in [-0.1, -0.05) is 0 Å². The largest absolute Gasteiger partial charge is 0.312 e. The van der Waals surface area contributed by atoms with Gasteiger partial charge in [0.05, 0.1) is 4.92 Å². The molecule has 0 fully saturated rings. The third kappa shape index (κ3) is 3.39. The summed E-state index contributed by atoms with van der Waals surface area (Å²) in [6, 6.07) is 5.38. The smallest absolute Gasteiger partial charge is 0.274 e. The molecule has 20 heavy (non-hydrogen) atoms. The first-order valence-electron chi connectivity index (χ1n) is 6.18. The average molecular weight is 278 g/mol. The van der Waals surface area contributed by atoms with E-state index in [1.165, 1.54) is 12.1 Å². The van der Waals surface area contributed by atoms with E-state index in [4.69, 9.17) is 0 Å². The Bertz CT molecular complexity index is 612. The van der Waals surface area contributed by atoms with Gasteiger partial charge in [-0.2, -0.15) is 5.10 Å². The quantitative estimate of drug-likeness (QED) is 0.497. The second-order valence-corrected chi connectivity index (χ2v) is 4.40. The molecule has 0 saturated carbocycles. The number of nitrogens with one attached hydrogen (secondary N) is 1. The van der Waals surface area contributed by atoms with Gasteiger partial charge >= 0.3 is 0 Å². The summed E-state index contributed by atoms with van der Waals surface area (Å²) in [4.78, 5) is 10.3. The molecule has 1 heterocycles.